The third-order valence-electron chi connectivity index (χ3n) is 2.03. The van der Waals surface area contributed by atoms with Crippen molar-refractivity contribution in [3.05, 3.63) is 29.8 Å². The molecule has 0 radical (unpaired) electrons. The lowest BCUT2D eigenvalue weighted by molar-refractivity contribution is -0.109. The molecule has 0 aliphatic rings. The Morgan fingerprint density at radius 1 is 1.40 bits per heavy atom. The van der Waals surface area contributed by atoms with Gasteiger partial charge in [-0.1, -0.05) is 30.0 Å². The van der Waals surface area contributed by atoms with Gasteiger partial charge in [-0.15, -0.1) is 0 Å². The van der Waals surface area contributed by atoms with Gasteiger partial charge in [0, 0.05) is 11.7 Å². The fourth-order valence-corrected chi connectivity index (χ4v) is 2.55. The normalized spacial score (nSPS) is 11.4. The Hall–Kier alpha value is -0.960. The van der Waals surface area contributed by atoms with Gasteiger partial charge in [0.1, 0.15) is 5.75 Å². The van der Waals surface area contributed by atoms with Crippen LogP contribution in [0.25, 0.3) is 0 Å². The van der Waals surface area contributed by atoms with Crippen LogP contribution in [0.15, 0.2) is 24.3 Å². The molecule has 0 aliphatic carbocycles. The van der Waals surface area contributed by atoms with E-state index >= 15 is 0 Å². The van der Waals surface area contributed by atoms with Gasteiger partial charge >= 0.3 is 0 Å². The molecule has 0 saturated carbocycles. The molecule has 0 saturated heterocycles. The van der Waals surface area contributed by atoms with Crippen molar-refractivity contribution >= 4 is 16.9 Å². The molecule has 0 spiro atoms. The lowest BCUT2D eigenvalue weighted by Crippen LogP contribution is -2.20. The monoisotopic (exact) mass is 224 g/mol. The zero-order valence-electron chi connectivity index (χ0n) is 9.28. The van der Waals surface area contributed by atoms with Gasteiger partial charge in [-0.2, -0.15) is 0 Å². The molecule has 0 fully saturated rings. The van der Waals surface area contributed by atoms with Crippen LogP contribution in [-0.2, 0) is 11.2 Å². The highest BCUT2D eigenvalue weighted by Gasteiger charge is 2.22. The molecule has 1 N–H and O–H groups in total. The molecule has 0 unspecified atom stereocenters. The van der Waals surface area contributed by atoms with Crippen molar-refractivity contribution in [2.24, 2.45) is 0 Å². The van der Waals surface area contributed by atoms with Crippen molar-refractivity contribution in [1.29, 1.82) is 0 Å². The van der Waals surface area contributed by atoms with Gasteiger partial charge in [0.15, 0.2) is 5.12 Å². The van der Waals surface area contributed by atoms with Crippen LogP contribution in [0, 0.1) is 0 Å². The van der Waals surface area contributed by atoms with E-state index in [1.54, 1.807) is 19.1 Å². The summed E-state index contributed by atoms with van der Waals surface area (Å²) in [5.74, 6) is 0.301. The number of phenolic OH excluding ortho intramolecular Hbond substituents is 1. The first-order chi connectivity index (χ1) is 6.91. The Balaban J connectivity index is 2.77. The van der Waals surface area contributed by atoms with Crippen molar-refractivity contribution in [2.45, 2.75) is 31.9 Å². The molecule has 0 atom stereocenters. The van der Waals surface area contributed by atoms with Gasteiger partial charge in [-0.25, -0.2) is 0 Å². The average molecular weight is 224 g/mol. The number of thioether (sulfide) groups is 1. The van der Waals surface area contributed by atoms with E-state index in [4.69, 9.17) is 0 Å². The minimum Gasteiger partial charge on any atom is -0.508 e. The zero-order chi connectivity index (χ0) is 11.5. The van der Waals surface area contributed by atoms with Crippen LogP contribution in [0.2, 0.25) is 0 Å². The van der Waals surface area contributed by atoms with Crippen LogP contribution < -0.4 is 0 Å². The van der Waals surface area contributed by atoms with Gasteiger partial charge in [0.2, 0.25) is 0 Å². The molecule has 0 amide bonds. The molecule has 0 aliphatic heterocycles. The van der Waals surface area contributed by atoms with Crippen LogP contribution in [-0.4, -0.2) is 15.0 Å². The van der Waals surface area contributed by atoms with E-state index in [-0.39, 0.29) is 9.86 Å². The number of carbonyl (C=O) groups is 1. The zero-order valence-corrected chi connectivity index (χ0v) is 10.1. The van der Waals surface area contributed by atoms with Gasteiger partial charge in [0.25, 0.3) is 0 Å². The molecule has 1 aromatic rings. The average Bonchev–Trinajstić information content (AvgIpc) is 2.06. The summed E-state index contributed by atoms with van der Waals surface area (Å²) in [4.78, 5) is 11.0. The van der Waals surface area contributed by atoms with Crippen molar-refractivity contribution in [3.8, 4) is 5.75 Å². The van der Waals surface area contributed by atoms with Crippen molar-refractivity contribution in [3.63, 3.8) is 0 Å². The summed E-state index contributed by atoms with van der Waals surface area (Å²) in [5.41, 5.74) is 0.885. The fourth-order valence-electron chi connectivity index (χ4n) is 1.54. The van der Waals surface area contributed by atoms with Gasteiger partial charge in [-0.05, 0) is 31.9 Å². The number of carbonyl (C=O) groups excluding carboxylic acids is 1. The Morgan fingerprint density at radius 3 is 2.53 bits per heavy atom. The summed E-state index contributed by atoms with van der Waals surface area (Å²) in [5, 5.41) is 9.72. The van der Waals surface area contributed by atoms with E-state index in [0.29, 0.717) is 12.2 Å². The van der Waals surface area contributed by atoms with Crippen molar-refractivity contribution in [2.75, 3.05) is 0 Å². The van der Waals surface area contributed by atoms with E-state index in [2.05, 4.69) is 0 Å². The second kappa shape index (κ2) is 4.71. The third kappa shape index (κ3) is 3.96. The molecule has 3 heteroatoms. The first kappa shape index (κ1) is 12.1. The lowest BCUT2D eigenvalue weighted by Gasteiger charge is -2.22. The smallest absolute Gasteiger partial charge is 0.186 e. The Labute approximate surface area is 94.7 Å². The Bertz CT molecular complexity index is 358. The number of aromatic hydroxyl groups is 1. The second-order valence-corrected chi connectivity index (χ2v) is 6.04. The number of benzene rings is 1. The van der Waals surface area contributed by atoms with E-state index in [1.165, 1.54) is 11.8 Å². The van der Waals surface area contributed by atoms with Gasteiger partial charge in [0.05, 0.1) is 0 Å². The summed E-state index contributed by atoms with van der Waals surface area (Å²) in [6, 6.07) is 7.25. The number of hydrogen-bond acceptors (Lipinski definition) is 3. The Kier molecular flexibility index (Phi) is 3.80. The highest BCUT2D eigenvalue weighted by molar-refractivity contribution is 8.14. The number of para-hydroxylation sites is 1. The lowest BCUT2D eigenvalue weighted by atomic mass is 10.0. The topological polar surface area (TPSA) is 37.3 Å². The molecular formula is C12H16O2S. The summed E-state index contributed by atoms with van der Waals surface area (Å²) in [7, 11) is 0. The molecule has 0 aromatic heterocycles. The van der Waals surface area contributed by atoms with Crippen molar-refractivity contribution < 1.29 is 9.90 Å². The van der Waals surface area contributed by atoms with E-state index in [1.807, 2.05) is 26.0 Å². The van der Waals surface area contributed by atoms with Crippen molar-refractivity contribution in [1.82, 2.24) is 0 Å². The summed E-state index contributed by atoms with van der Waals surface area (Å²) in [6.07, 6.45) is 0.684. The van der Waals surface area contributed by atoms with E-state index < -0.39 is 0 Å². The summed E-state index contributed by atoms with van der Waals surface area (Å²) in [6.45, 7) is 5.58. The number of hydrogen-bond donors (Lipinski definition) is 1. The van der Waals surface area contributed by atoms with Crippen LogP contribution in [0.3, 0.4) is 0 Å². The molecule has 0 heterocycles. The van der Waals surface area contributed by atoms with E-state index in [9.17, 15) is 9.90 Å². The minimum absolute atomic E-state index is 0.107. The first-order valence-electron chi connectivity index (χ1n) is 4.87. The minimum atomic E-state index is -0.176. The predicted octanol–water partition coefficient (Wildman–Crippen LogP) is 2.99. The van der Waals surface area contributed by atoms with Crippen LogP contribution in [0.1, 0.15) is 26.3 Å². The maximum absolute atomic E-state index is 11.0. The highest BCUT2D eigenvalue weighted by Crippen LogP contribution is 2.31. The number of rotatable bonds is 3. The first-order valence-corrected chi connectivity index (χ1v) is 5.69. The predicted molar refractivity (Wildman–Crippen MR) is 64.2 cm³/mol. The van der Waals surface area contributed by atoms with Crippen LogP contribution >= 0.6 is 11.8 Å². The third-order valence-corrected chi connectivity index (χ3v) is 3.01. The summed E-state index contributed by atoms with van der Waals surface area (Å²) < 4.78 is -0.176. The van der Waals surface area contributed by atoms with Gasteiger partial charge < -0.3 is 5.11 Å². The molecule has 2 nitrogen and oxygen atoms in total. The maximum atomic E-state index is 11.0. The quantitative estimate of drug-likeness (QED) is 0.857. The molecule has 0 bridgehead atoms. The maximum Gasteiger partial charge on any atom is 0.186 e. The SMILES string of the molecule is CC(=O)SC(C)(C)Cc1ccccc1O. The molecule has 15 heavy (non-hydrogen) atoms. The van der Waals surface area contributed by atoms with E-state index in [0.717, 1.165) is 5.56 Å². The number of phenols is 1. The van der Waals surface area contributed by atoms with Crippen LogP contribution in [0.4, 0.5) is 0 Å². The Morgan fingerprint density at radius 2 is 2.00 bits per heavy atom. The molecule has 82 valence electrons. The standard InChI is InChI=1S/C12H16O2S/c1-9(13)15-12(2,3)8-10-6-4-5-7-11(10)14/h4-7,14H,8H2,1-3H3. The second-order valence-electron chi connectivity index (χ2n) is 4.16. The summed E-state index contributed by atoms with van der Waals surface area (Å²) >= 11 is 1.31. The van der Waals surface area contributed by atoms with Gasteiger partial charge in [-0.3, -0.25) is 4.79 Å². The molecule has 1 rings (SSSR count). The largest absolute Gasteiger partial charge is 0.508 e. The fraction of sp³-hybridized carbons (Fsp3) is 0.417. The molecule has 1 aromatic carbocycles. The molecular weight excluding hydrogens is 208 g/mol. The highest BCUT2D eigenvalue weighted by atomic mass is 32.2. The van der Waals surface area contributed by atoms with Crippen LogP contribution in [0.5, 0.6) is 5.75 Å².